The number of carbonyl (C=O) groups excluding carboxylic acids is 1. The summed E-state index contributed by atoms with van der Waals surface area (Å²) >= 11 is 0. The first-order valence-corrected chi connectivity index (χ1v) is 12.2. The molecule has 0 radical (unpaired) electrons. The van der Waals surface area contributed by atoms with Gasteiger partial charge in [-0.15, -0.1) is 0 Å². The fourth-order valence-corrected chi connectivity index (χ4v) is 5.54. The molecule has 1 aliphatic rings. The Bertz CT molecular complexity index is 1030. The van der Waals surface area contributed by atoms with E-state index in [1.54, 1.807) is 17.0 Å². The molecule has 32 heavy (non-hydrogen) atoms. The molecule has 1 fully saturated rings. The minimum absolute atomic E-state index is 0.0554. The molecule has 1 saturated heterocycles. The standard InChI is InChI=1S/C23H29NO7S/c1-5-31-19-8-6-16(7-9-19)14-24(18-10-11-32(26,27)15-18)23(25)17-12-20(28-2)22(30-4)21(13-17)29-3/h6-9,12-13,18H,5,10-11,14-15H2,1-4H3/t18-/m0/s1. The molecule has 1 amide bonds. The van der Waals surface area contributed by atoms with Gasteiger partial charge in [0.1, 0.15) is 5.75 Å². The molecule has 0 aliphatic carbocycles. The van der Waals surface area contributed by atoms with Crippen molar-refractivity contribution >= 4 is 15.7 Å². The summed E-state index contributed by atoms with van der Waals surface area (Å²) in [5.74, 6) is 1.54. The van der Waals surface area contributed by atoms with Crippen molar-refractivity contribution < 1.29 is 32.2 Å². The number of ether oxygens (including phenoxy) is 4. The van der Waals surface area contributed by atoms with Crippen molar-refractivity contribution in [1.29, 1.82) is 0 Å². The Kier molecular flexibility index (Phi) is 7.50. The summed E-state index contributed by atoms with van der Waals surface area (Å²) in [6.07, 6.45) is 0.398. The van der Waals surface area contributed by atoms with E-state index in [1.165, 1.54) is 21.3 Å². The summed E-state index contributed by atoms with van der Waals surface area (Å²) in [5, 5.41) is 0. The van der Waals surface area contributed by atoms with Crippen molar-refractivity contribution in [3.05, 3.63) is 47.5 Å². The maximum atomic E-state index is 13.6. The monoisotopic (exact) mass is 463 g/mol. The first-order valence-electron chi connectivity index (χ1n) is 10.3. The van der Waals surface area contributed by atoms with Crippen LogP contribution in [0.15, 0.2) is 36.4 Å². The molecule has 0 unspecified atom stereocenters. The Balaban J connectivity index is 1.96. The molecular formula is C23H29NO7S. The maximum absolute atomic E-state index is 13.6. The quantitative estimate of drug-likeness (QED) is 0.565. The Morgan fingerprint density at radius 2 is 1.66 bits per heavy atom. The molecule has 1 heterocycles. The molecule has 2 aromatic rings. The predicted molar refractivity (Wildman–Crippen MR) is 121 cm³/mol. The van der Waals surface area contributed by atoms with Crippen LogP contribution in [0, 0.1) is 0 Å². The van der Waals surface area contributed by atoms with Gasteiger partial charge >= 0.3 is 0 Å². The Morgan fingerprint density at radius 1 is 1.03 bits per heavy atom. The molecule has 1 atom stereocenters. The van der Waals surface area contributed by atoms with Crippen LogP contribution >= 0.6 is 0 Å². The third-order valence-electron chi connectivity index (χ3n) is 5.41. The number of methoxy groups -OCH3 is 3. The van der Waals surface area contributed by atoms with Crippen LogP contribution < -0.4 is 18.9 Å². The van der Waals surface area contributed by atoms with E-state index in [4.69, 9.17) is 18.9 Å². The van der Waals surface area contributed by atoms with E-state index < -0.39 is 15.9 Å². The lowest BCUT2D eigenvalue weighted by molar-refractivity contribution is 0.0680. The van der Waals surface area contributed by atoms with Crippen molar-refractivity contribution in [2.45, 2.75) is 25.9 Å². The highest BCUT2D eigenvalue weighted by Crippen LogP contribution is 2.39. The number of hydrogen-bond donors (Lipinski definition) is 0. The van der Waals surface area contributed by atoms with Crippen LogP contribution in [0.3, 0.4) is 0 Å². The van der Waals surface area contributed by atoms with Gasteiger partial charge in [0.25, 0.3) is 5.91 Å². The van der Waals surface area contributed by atoms with Crippen LogP contribution in [0.4, 0.5) is 0 Å². The molecule has 0 spiro atoms. The number of amides is 1. The molecule has 0 aromatic heterocycles. The lowest BCUT2D eigenvalue weighted by atomic mass is 10.1. The molecular weight excluding hydrogens is 434 g/mol. The summed E-state index contributed by atoms with van der Waals surface area (Å²) in [5.41, 5.74) is 1.20. The number of sulfone groups is 1. The Labute approximate surface area is 188 Å². The van der Waals surface area contributed by atoms with Crippen LogP contribution in [0.1, 0.15) is 29.3 Å². The third kappa shape index (κ3) is 5.27. The first kappa shape index (κ1) is 23.7. The molecule has 9 heteroatoms. The number of nitrogens with zero attached hydrogens (tertiary/aromatic N) is 1. The third-order valence-corrected chi connectivity index (χ3v) is 7.16. The van der Waals surface area contributed by atoms with Crippen molar-refractivity contribution in [3.63, 3.8) is 0 Å². The van der Waals surface area contributed by atoms with Crippen LogP contribution in [0.2, 0.25) is 0 Å². The SMILES string of the molecule is CCOc1ccc(CN(C(=O)c2cc(OC)c(OC)c(OC)c2)[C@H]2CCS(=O)(=O)C2)cc1. The molecule has 8 nitrogen and oxygen atoms in total. The highest BCUT2D eigenvalue weighted by atomic mass is 32.2. The van der Waals surface area contributed by atoms with Gasteiger partial charge in [0.15, 0.2) is 21.3 Å². The minimum atomic E-state index is -3.18. The number of benzene rings is 2. The highest BCUT2D eigenvalue weighted by molar-refractivity contribution is 7.91. The minimum Gasteiger partial charge on any atom is -0.494 e. The van der Waals surface area contributed by atoms with Gasteiger partial charge in [-0.25, -0.2) is 8.42 Å². The predicted octanol–water partition coefficient (Wildman–Crippen LogP) is 2.94. The lowest BCUT2D eigenvalue weighted by Crippen LogP contribution is -2.40. The van der Waals surface area contributed by atoms with Crippen LogP contribution in [-0.2, 0) is 16.4 Å². The number of rotatable bonds is 9. The fraction of sp³-hybridized carbons (Fsp3) is 0.435. The second-order valence-electron chi connectivity index (χ2n) is 7.48. The zero-order valence-corrected chi connectivity index (χ0v) is 19.6. The molecule has 1 aliphatic heterocycles. The summed E-state index contributed by atoms with van der Waals surface area (Å²) in [6, 6.07) is 10.2. The van der Waals surface area contributed by atoms with Crippen LogP contribution in [0.25, 0.3) is 0 Å². The number of hydrogen-bond acceptors (Lipinski definition) is 7. The van der Waals surface area contributed by atoms with Gasteiger partial charge in [0.05, 0.1) is 39.4 Å². The van der Waals surface area contributed by atoms with Gasteiger partial charge in [-0.1, -0.05) is 12.1 Å². The van der Waals surface area contributed by atoms with Gasteiger partial charge in [0, 0.05) is 18.2 Å². The first-order chi connectivity index (χ1) is 15.3. The topological polar surface area (TPSA) is 91.4 Å². The van der Waals surface area contributed by atoms with E-state index >= 15 is 0 Å². The van der Waals surface area contributed by atoms with Gasteiger partial charge < -0.3 is 23.8 Å². The zero-order valence-electron chi connectivity index (χ0n) is 18.8. The molecule has 0 saturated carbocycles. The molecule has 0 bridgehead atoms. The van der Waals surface area contributed by atoms with Crippen LogP contribution in [-0.4, -0.2) is 64.7 Å². The summed E-state index contributed by atoms with van der Waals surface area (Å²) < 4.78 is 45.9. The second-order valence-corrected chi connectivity index (χ2v) is 9.71. The average molecular weight is 464 g/mol. The highest BCUT2D eigenvalue weighted by Gasteiger charge is 2.35. The van der Waals surface area contributed by atoms with E-state index in [1.807, 2.05) is 31.2 Å². The second kappa shape index (κ2) is 10.1. The van der Waals surface area contributed by atoms with Gasteiger partial charge in [0.2, 0.25) is 5.75 Å². The lowest BCUT2D eigenvalue weighted by Gasteiger charge is -2.29. The Morgan fingerprint density at radius 3 is 2.12 bits per heavy atom. The number of carbonyl (C=O) groups is 1. The average Bonchev–Trinajstić information content (AvgIpc) is 3.16. The molecule has 0 N–H and O–H groups in total. The van der Waals surface area contributed by atoms with Crippen molar-refractivity contribution in [1.82, 2.24) is 4.90 Å². The summed E-state index contributed by atoms with van der Waals surface area (Å²) in [4.78, 5) is 15.2. The molecule has 174 valence electrons. The van der Waals surface area contributed by atoms with Crippen molar-refractivity contribution in [2.75, 3.05) is 39.4 Å². The zero-order chi connectivity index (χ0) is 23.3. The van der Waals surface area contributed by atoms with Gasteiger partial charge in [-0.3, -0.25) is 4.79 Å². The van der Waals surface area contributed by atoms with E-state index in [2.05, 4.69) is 0 Å². The van der Waals surface area contributed by atoms with Gasteiger partial charge in [-0.2, -0.15) is 0 Å². The smallest absolute Gasteiger partial charge is 0.254 e. The Hall–Kier alpha value is -2.94. The largest absolute Gasteiger partial charge is 0.494 e. The maximum Gasteiger partial charge on any atom is 0.254 e. The summed E-state index contributed by atoms with van der Waals surface area (Å²) in [6.45, 7) is 2.74. The van der Waals surface area contributed by atoms with Crippen molar-refractivity contribution in [2.24, 2.45) is 0 Å². The van der Waals surface area contributed by atoms with Crippen molar-refractivity contribution in [3.8, 4) is 23.0 Å². The molecule has 3 rings (SSSR count). The normalized spacial score (nSPS) is 16.9. The van der Waals surface area contributed by atoms with E-state index in [0.717, 1.165) is 11.3 Å². The molecule has 2 aromatic carbocycles. The van der Waals surface area contributed by atoms with Gasteiger partial charge in [-0.05, 0) is 43.2 Å². The summed E-state index contributed by atoms with van der Waals surface area (Å²) in [7, 11) is 1.27. The van der Waals surface area contributed by atoms with E-state index in [0.29, 0.717) is 35.8 Å². The van der Waals surface area contributed by atoms with Crippen LogP contribution in [0.5, 0.6) is 23.0 Å². The fourth-order valence-electron chi connectivity index (χ4n) is 3.81. The van der Waals surface area contributed by atoms with E-state index in [9.17, 15) is 13.2 Å². The van der Waals surface area contributed by atoms with E-state index in [-0.39, 0.29) is 24.0 Å².